The standard InChI is InChI=1S/C16H17N3O2/c1-2-12-10-17-19-16(12)18-15(20)6-4-11-3-5-14-13(9-11)7-8-21-14/h3-6,9-10H,2,7-8H2,1H3,(H2,17,18,19,20)/b6-4+. The topological polar surface area (TPSA) is 67.0 Å². The van der Waals surface area contributed by atoms with Crippen LogP contribution in [0.5, 0.6) is 5.75 Å². The molecule has 3 rings (SSSR count). The van der Waals surface area contributed by atoms with E-state index in [0.717, 1.165) is 36.3 Å². The molecular weight excluding hydrogens is 266 g/mol. The van der Waals surface area contributed by atoms with Crippen LogP contribution < -0.4 is 10.1 Å². The van der Waals surface area contributed by atoms with E-state index in [0.29, 0.717) is 5.82 Å². The largest absolute Gasteiger partial charge is 0.493 e. The van der Waals surface area contributed by atoms with E-state index in [-0.39, 0.29) is 5.91 Å². The molecule has 1 amide bonds. The molecule has 0 spiro atoms. The number of hydrogen-bond acceptors (Lipinski definition) is 3. The Balaban J connectivity index is 1.67. The van der Waals surface area contributed by atoms with Crippen LogP contribution in [-0.2, 0) is 17.6 Å². The minimum atomic E-state index is -0.175. The van der Waals surface area contributed by atoms with Gasteiger partial charge in [-0.2, -0.15) is 5.10 Å². The summed E-state index contributed by atoms with van der Waals surface area (Å²) in [7, 11) is 0. The fourth-order valence-corrected chi connectivity index (χ4v) is 2.33. The second kappa shape index (κ2) is 5.83. The number of ether oxygens (including phenoxy) is 1. The van der Waals surface area contributed by atoms with E-state index < -0.39 is 0 Å². The van der Waals surface area contributed by atoms with Crippen molar-refractivity contribution in [1.29, 1.82) is 0 Å². The number of anilines is 1. The van der Waals surface area contributed by atoms with E-state index in [2.05, 4.69) is 21.6 Å². The highest BCUT2D eigenvalue weighted by Crippen LogP contribution is 2.26. The molecule has 0 atom stereocenters. The maximum atomic E-state index is 11.9. The number of hydrogen-bond donors (Lipinski definition) is 2. The molecule has 2 aromatic rings. The van der Waals surface area contributed by atoms with E-state index in [1.807, 2.05) is 19.1 Å². The van der Waals surface area contributed by atoms with Crippen molar-refractivity contribution in [2.24, 2.45) is 0 Å². The third-order valence-electron chi connectivity index (χ3n) is 3.49. The van der Waals surface area contributed by atoms with Crippen LogP contribution >= 0.6 is 0 Å². The number of H-pyrrole nitrogens is 1. The number of nitrogens with zero attached hydrogens (tertiary/aromatic N) is 1. The van der Waals surface area contributed by atoms with Gasteiger partial charge in [-0.3, -0.25) is 9.89 Å². The highest BCUT2D eigenvalue weighted by atomic mass is 16.5. The zero-order valence-electron chi connectivity index (χ0n) is 11.8. The van der Waals surface area contributed by atoms with Crippen molar-refractivity contribution in [1.82, 2.24) is 10.2 Å². The molecule has 21 heavy (non-hydrogen) atoms. The molecule has 5 nitrogen and oxygen atoms in total. The Morgan fingerprint density at radius 3 is 3.29 bits per heavy atom. The summed E-state index contributed by atoms with van der Waals surface area (Å²) in [6.45, 7) is 2.76. The third-order valence-corrected chi connectivity index (χ3v) is 3.49. The van der Waals surface area contributed by atoms with Crippen LogP contribution in [0.4, 0.5) is 5.82 Å². The molecule has 2 N–H and O–H groups in total. The van der Waals surface area contributed by atoms with Crippen LogP contribution in [0.15, 0.2) is 30.5 Å². The predicted octanol–water partition coefficient (Wildman–Crippen LogP) is 2.56. The van der Waals surface area contributed by atoms with Crippen molar-refractivity contribution in [3.8, 4) is 5.75 Å². The molecule has 5 heteroatoms. The predicted molar refractivity (Wildman–Crippen MR) is 81.3 cm³/mol. The van der Waals surface area contributed by atoms with E-state index in [4.69, 9.17) is 4.74 Å². The fraction of sp³-hybridized carbons (Fsp3) is 0.250. The van der Waals surface area contributed by atoms with Gasteiger partial charge in [0.2, 0.25) is 5.91 Å². The Bertz CT molecular complexity index is 689. The van der Waals surface area contributed by atoms with Gasteiger partial charge in [0.1, 0.15) is 11.6 Å². The molecule has 2 heterocycles. The SMILES string of the molecule is CCc1cn[nH]c1NC(=O)/C=C/c1ccc2c(c1)CCO2. The number of benzene rings is 1. The van der Waals surface area contributed by atoms with Crippen molar-refractivity contribution >= 4 is 17.8 Å². The molecule has 0 saturated heterocycles. The van der Waals surface area contributed by atoms with Crippen LogP contribution in [0.2, 0.25) is 0 Å². The number of rotatable bonds is 4. The van der Waals surface area contributed by atoms with E-state index in [9.17, 15) is 4.79 Å². The van der Waals surface area contributed by atoms with E-state index in [1.54, 1.807) is 12.3 Å². The van der Waals surface area contributed by atoms with Gasteiger partial charge >= 0.3 is 0 Å². The van der Waals surface area contributed by atoms with Gasteiger partial charge in [0.25, 0.3) is 0 Å². The van der Waals surface area contributed by atoms with Gasteiger partial charge in [0.15, 0.2) is 0 Å². The summed E-state index contributed by atoms with van der Waals surface area (Å²) < 4.78 is 5.46. The number of nitrogens with one attached hydrogen (secondary N) is 2. The number of carbonyl (C=O) groups excluding carboxylic acids is 1. The van der Waals surface area contributed by atoms with Gasteiger partial charge in [0.05, 0.1) is 12.8 Å². The summed E-state index contributed by atoms with van der Waals surface area (Å²) >= 11 is 0. The van der Waals surface area contributed by atoms with Crippen molar-refractivity contribution < 1.29 is 9.53 Å². The zero-order valence-corrected chi connectivity index (χ0v) is 11.8. The van der Waals surface area contributed by atoms with Crippen LogP contribution in [-0.4, -0.2) is 22.7 Å². The maximum absolute atomic E-state index is 11.9. The minimum absolute atomic E-state index is 0.175. The van der Waals surface area contributed by atoms with Crippen molar-refractivity contribution in [3.63, 3.8) is 0 Å². The first-order valence-electron chi connectivity index (χ1n) is 7.03. The normalized spacial score (nSPS) is 13.2. The molecule has 0 aliphatic carbocycles. The highest BCUT2D eigenvalue weighted by molar-refractivity contribution is 6.01. The number of aryl methyl sites for hydroxylation is 1. The smallest absolute Gasteiger partial charge is 0.249 e. The molecule has 0 saturated carbocycles. The van der Waals surface area contributed by atoms with Crippen LogP contribution in [0.25, 0.3) is 6.08 Å². The van der Waals surface area contributed by atoms with Crippen molar-refractivity contribution in [2.75, 3.05) is 11.9 Å². The number of fused-ring (bicyclic) bond motifs is 1. The average molecular weight is 283 g/mol. The second-order valence-corrected chi connectivity index (χ2v) is 4.91. The minimum Gasteiger partial charge on any atom is -0.493 e. The second-order valence-electron chi connectivity index (χ2n) is 4.91. The summed E-state index contributed by atoms with van der Waals surface area (Å²) in [5.74, 6) is 1.43. The lowest BCUT2D eigenvalue weighted by molar-refractivity contribution is -0.111. The number of amides is 1. The average Bonchev–Trinajstić information content (AvgIpc) is 3.12. The quantitative estimate of drug-likeness (QED) is 0.847. The third kappa shape index (κ3) is 2.97. The van der Waals surface area contributed by atoms with E-state index in [1.165, 1.54) is 11.6 Å². The summed E-state index contributed by atoms with van der Waals surface area (Å²) in [6.07, 6.45) is 6.80. The molecule has 1 aromatic carbocycles. The van der Waals surface area contributed by atoms with Gasteiger partial charge in [0, 0.05) is 18.1 Å². The Labute approximate surface area is 123 Å². The number of aromatic amines is 1. The van der Waals surface area contributed by atoms with Gasteiger partial charge in [-0.25, -0.2) is 0 Å². The maximum Gasteiger partial charge on any atom is 0.249 e. The van der Waals surface area contributed by atoms with E-state index >= 15 is 0 Å². The molecule has 1 aromatic heterocycles. The molecule has 0 bridgehead atoms. The Morgan fingerprint density at radius 2 is 2.43 bits per heavy atom. The molecular formula is C16H17N3O2. The van der Waals surface area contributed by atoms with Crippen LogP contribution in [0.3, 0.4) is 0 Å². The Morgan fingerprint density at radius 1 is 1.52 bits per heavy atom. The Kier molecular flexibility index (Phi) is 3.73. The fourth-order valence-electron chi connectivity index (χ4n) is 2.33. The molecule has 0 radical (unpaired) electrons. The van der Waals surface area contributed by atoms with Gasteiger partial charge in [-0.15, -0.1) is 0 Å². The highest BCUT2D eigenvalue weighted by Gasteiger charge is 2.11. The summed E-state index contributed by atoms with van der Waals surface area (Å²) in [5, 5.41) is 9.51. The van der Waals surface area contributed by atoms with Crippen LogP contribution in [0.1, 0.15) is 23.6 Å². The first-order valence-corrected chi connectivity index (χ1v) is 7.03. The molecule has 0 fully saturated rings. The summed E-state index contributed by atoms with van der Waals surface area (Å²) in [6, 6.07) is 5.95. The monoisotopic (exact) mass is 283 g/mol. The molecule has 0 unspecified atom stereocenters. The number of aromatic nitrogens is 2. The zero-order chi connectivity index (χ0) is 14.7. The number of carbonyl (C=O) groups is 1. The first kappa shape index (κ1) is 13.4. The van der Waals surface area contributed by atoms with Gasteiger partial charge in [-0.1, -0.05) is 13.0 Å². The van der Waals surface area contributed by atoms with Crippen LogP contribution in [0, 0.1) is 0 Å². The molecule has 108 valence electrons. The molecule has 1 aliphatic heterocycles. The van der Waals surface area contributed by atoms with Crippen molar-refractivity contribution in [2.45, 2.75) is 19.8 Å². The lowest BCUT2D eigenvalue weighted by Gasteiger charge is -2.02. The Hall–Kier alpha value is -2.56. The molecule has 1 aliphatic rings. The van der Waals surface area contributed by atoms with Crippen molar-refractivity contribution in [3.05, 3.63) is 47.2 Å². The first-order chi connectivity index (χ1) is 10.3. The lowest BCUT2D eigenvalue weighted by atomic mass is 10.1. The van der Waals surface area contributed by atoms with Gasteiger partial charge < -0.3 is 10.1 Å². The summed E-state index contributed by atoms with van der Waals surface area (Å²) in [5.41, 5.74) is 3.18. The lowest BCUT2D eigenvalue weighted by Crippen LogP contribution is -2.09. The van der Waals surface area contributed by atoms with Gasteiger partial charge in [-0.05, 0) is 35.8 Å². The summed E-state index contributed by atoms with van der Waals surface area (Å²) in [4.78, 5) is 11.9.